The SMILES string of the molecule is CC(C)(C)OC(=O)Nc1cncc(-c2nc(NCc3ccccn3)c3c(-c4ccccc4)cccc3n2)c1.Nc1cncc(-c2nc(NCc3ccccn3)c3c(-c4ccccc4)cccc3n2)c1. The predicted octanol–water partition coefficient (Wildman–Crippen LogP) is 11.7. The van der Waals surface area contributed by atoms with Crippen molar-refractivity contribution in [2.75, 3.05) is 21.7 Å². The van der Waals surface area contributed by atoms with Gasteiger partial charge in [-0.05, 0) is 91.6 Å². The number of carbonyl (C=O) groups is 1. The summed E-state index contributed by atoms with van der Waals surface area (Å²) >= 11 is 0. The van der Waals surface area contributed by atoms with Crippen molar-refractivity contribution in [1.29, 1.82) is 0 Å². The molecule has 0 aliphatic rings. The number of hydrogen-bond donors (Lipinski definition) is 4. The molecule has 0 atom stereocenters. The molecule has 5 N–H and O–H groups in total. The fourth-order valence-corrected chi connectivity index (χ4v) is 7.58. The van der Waals surface area contributed by atoms with Crippen LogP contribution in [0.5, 0.6) is 0 Å². The first-order valence-electron chi connectivity index (χ1n) is 22.3. The van der Waals surface area contributed by atoms with Crippen LogP contribution in [0.1, 0.15) is 32.2 Å². The lowest BCUT2D eigenvalue weighted by molar-refractivity contribution is 0.0636. The summed E-state index contributed by atoms with van der Waals surface area (Å²) in [6.07, 6.45) is 9.56. The number of anilines is 4. The molecule has 0 spiro atoms. The Morgan fingerprint density at radius 3 is 1.51 bits per heavy atom. The van der Waals surface area contributed by atoms with Gasteiger partial charge in [0, 0.05) is 42.1 Å². The number of nitrogen functional groups attached to an aromatic ring is 1. The van der Waals surface area contributed by atoms with Crippen molar-refractivity contribution in [2.24, 2.45) is 0 Å². The van der Waals surface area contributed by atoms with E-state index in [0.717, 1.165) is 66.8 Å². The zero-order valence-corrected chi connectivity index (χ0v) is 38.2. The van der Waals surface area contributed by atoms with Gasteiger partial charge in [-0.25, -0.2) is 24.7 Å². The summed E-state index contributed by atoms with van der Waals surface area (Å²) in [4.78, 5) is 49.1. The van der Waals surface area contributed by atoms with Crippen LogP contribution in [0.2, 0.25) is 0 Å². The van der Waals surface area contributed by atoms with Gasteiger partial charge in [0.05, 0.1) is 63.9 Å². The molecular formula is C55H48N12O2. The fraction of sp³-hybridized carbons (Fsp3) is 0.109. The first-order chi connectivity index (χ1) is 33.6. The van der Waals surface area contributed by atoms with Gasteiger partial charge in [-0.1, -0.05) is 97.1 Å². The second kappa shape index (κ2) is 20.6. The average molecular weight is 909 g/mol. The van der Waals surface area contributed by atoms with Gasteiger partial charge in [0.15, 0.2) is 11.6 Å². The summed E-state index contributed by atoms with van der Waals surface area (Å²) in [6, 6.07) is 47.8. The molecule has 0 saturated heterocycles. The monoisotopic (exact) mass is 908 g/mol. The minimum Gasteiger partial charge on any atom is -0.444 e. The maximum absolute atomic E-state index is 12.3. The molecule has 0 bridgehead atoms. The van der Waals surface area contributed by atoms with Crippen LogP contribution in [0.3, 0.4) is 0 Å². The summed E-state index contributed by atoms with van der Waals surface area (Å²) in [5.74, 6) is 2.47. The molecule has 6 heterocycles. The number of benzene rings is 4. The van der Waals surface area contributed by atoms with E-state index in [0.29, 0.717) is 47.5 Å². The summed E-state index contributed by atoms with van der Waals surface area (Å²) in [7, 11) is 0. The van der Waals surface area contributed by atoms with E-state index in [1.807, 2.05) is 124 Å². The van der Waals surface area contributed by atoms with Gasteiger partial charge in [-0.15, -0.1) is 0 Å². The minimum absolute atomic E-state index is 0.478. The number of hydrogen-bond acceptors (Lipinski definition) is 13. The molecule has 14 nitrogen and oxygen atoms in total. The Morgan fingerprint density at radius 2 is 1.03 bits per heavy atom. The van der Waals surface area contributed by atoms with Crippen LogP contribution >= 0.6 is 0 Å². The third-order valence-corrected chi connectivity index (χ3v) is 10.6. The second-order valence-corrected chi connectivity index (χ2v) is 16.9. The van der Waals surface area contributed by atoms with Gasteiger partial charge in [0.25, 0.3) is 0 Å². The Bertz CT molecular complexity index is 3360. The number of pyridine rings is 4. The van der Waals surface area contributed by atoms with Crippen molar-refractivity contribution in [3.05, 3.63) is 194 Å². The van der Waals surface area contributed by atoms with Crippen LogP contribution in [-0.4, -0.2) is 51.6 Å². The fourth-order valence-electron chi connectivity index (χ4n) is 7.58. The maximum atomic E-state index is 12.3. The van der Waals surface area contributed by atoms with E-state index < -0.39 is 11.7 Å². The number of nitrogens with one attached hydrogen (secondary N) is 3. The molecule has 340 valence electrons. The first-order valence-corrected chi connectivity index (χ1v) is 22.3. The first kappa shape index (κ1) is 45.0. The van der Waals surface area contributed by atoms with Crippen molar-refractivity contribution < 1.29 is 9.53 Å². The van der Waals surface area contributed by atoms with Crippen LogP contribution in [0, 0.1) is 0 Å². The van der Waals surface area contributed by atoms with E-state index in [2.05, 4.69) is 72.3 Å². The van der Waals surface area contributed by atoms with Crippen LogP contribution < -0.4 is 21.7 Å². The van der Waals surface area contributed by atoms with E-state index >= 15 is 0 Å². The van der Waals surface area contributed by atoms with Crippen molar-refractivity contribution in [3.8, 4) is 45.0 Å². The molecule has 0 saturated carbocycles. The summed E-state index contributed by atoms with van der Waals surface area (Å²) in [5, 5.41) is 11.6. The third-order valence-electron chi connectivity index (χ3n) is 10.6. The lowest BCUT2D eigenvalue weighted by atomic mass is 10.0. The minimum atomic E-state index is -0.610. The molecule has 6 aromatic heterocycles. The van der Waals surface area contributed by atoms with Crippen molar-refractivity contribution in [1.82, 2.24) is 39.9 Å². The number of nitrogens with zero attached hydrogens (tertiary/aromatic N) is 8. The molecule has 0 aliphatic carbocycles. The summed E-state index contributed by atoms with van der Waals surface area (Å²) in [5.41, 5.74) is 15.5. The Balaban J connectivity index is 0.000000175. The number of ether oxygens (including phenoxy) is 1. The quantitative estimate of drug-likeness (QED) is 0.0959. The summed E-state index contributed by atoms with van der Waals surface area (Å²) in [6.45, 7) is 6.48. The Labute approximate surface area is 399 Å². The molecule has 0 aliphatic heterocycles. The highest BCUT2D eigenvalue weighted by Crippen LogP contribution is 2.36. The van der Waals surface area contributed by atoms with E-state index in [4.69, 9.17) is 30.4 Å². The highest BCUT2D eigenvalue weighted by molar-refractivity contribution is 6.03. The maximum Gasteiger partial charge on any atom is 0.412 e. The van der Waals surface area contributed by atoms with Crippen molar-refractivity contribution in [2.45, 2.75) is 39.5 Å². The number of fused-ring (bicyclic) bond motifs is 2. The molecule has 69 heavy (non-hydrogen) atoms. The van der Waals surface area contributed by atoms with Gasteiger partial charge in [-0.2, -0.15) is 0 Å². The normalized spacial score (nSPS) is 11.1. The Hall–Kier alpha value is -9.17. The number of rotatable bonds is 11. The molecule has 0 radical (unpaired) electrons. The van der Waals surface area contributed by atoms with E-state index in [9.17, 15) is 4.79 Å². The highest BCUT2D eigenvalue weighted by atomic mass is 16.6. The van der Waals surface area contributed by atoms with Crippen LogP contribution in [0.15, 0.2) is 183 Å². The van der Waals surface area contributed by atoms with Crippen LogP contribution in [0.4, 0.5) is 27.8 Å². The number of aromatic nitrogens is 8. The molecule has 4 aromatic carbocycles. The molecule has 10 aromatic rings. The van der Waals surface area contributed by atoms with Gasteiger partial charge in [0.1, 0.15) is 17.2 Å². The zero-order valence-electron chi connectivity index (χ0n) is 38.2. The molecule has 10 rings (SSSR count). The molecule has 0 fully saturated rings. The van der Waals surface area contributed by atoms with Crippen molar-refractivity contribution in [3.63, 3.8) is 0 Å². The van der Waals surface area contributed by atoms with Crippen molar-refractivity contribution >= 4 is 50.9 Å². The molecule has 0 unspecified atom stereocenters. The molecule has 1 amide bonds. The van der Waals surface area contributed by atoms with Crippen LogP contribution in [-0.2, 0) is 17.8 Å². The van der Waals surface area contributed by atoms with E-state index in [1.165, 1.54) is 0 Å². The smallest absolute Gasteiger partial charge is 0.412 e. The van der Waals surface area contributed by atoms with Gasteiger partial charge < -0.3 is 21.1 Å². The lowest BCUT2D eigenvalue weighted by Gasteiger charge is -2.19. The van der Waals surface area contributed by atoms with Gasteiger partial charge in [-0.3, -0.25) is 25.3 Å². The number of amides is 1. The van der Waals surface area contributed by atoms with E-state index in [1.54, 1.807) is 43.2 Å². The summed E-state index contributed by atoms with van der Waals surface area (Å²) < 4.78 is 5.37. The van der Waals surface area contributed by atoms with Gasteiger partial charge in [0.2, 0.25) is 0 Å². The Kier molecular flexibility index (Phi) is 13.4. The number of nitrogens with two attached hydrogens (primary N) is 1. The number of carbonyl (C=O) groups excluding carboxylic acids is 1. The van der Waals surface area contributed by atoms with E-state index in [-0.39, 0.29) is 0 Å². The largest absolute Gasteiger partial charge is 0.444 e. The Morgan fingerprint density at radius 1 is 0.536 bits per heavy atom. The van der Waals surface area contributed by atoms with Crippen LogP contribution in [0.25, 0.3) is 66.8 Å². The predicted molar refractivity (Wildman–Crippen MR) is 274 cm³/mol. The van der Waals surface area contributed by atoms with Gasteiger partial charge >= 0.3 is 6.09 Å². The zero-order chi connectivity index (χ0) is 47.6. The topological polar surface area (TPSA) is 192 Å². The average Bonchev–Trinajstić information content (AvgIpc) is 3.37. The molecule has 14 heteroatoms. The highest BCUT2D eigenvalue weighted by Gasteiger charge is 2.19. The second-order valence-electron chi connectivity index (χ2n) is 16.9. The third kappa shape index (κ3) is 11.3. The molecular weight excluding hydrogens is 861 g/mol. The standard InChI is InChI=1S/C30H28N6O2.C25H20N6/c1-30(2,3)38-29(37)34-23-16-21(17-31-18-23)27-35-25-14-9-13-24(20-10-5-4-6-11-20)26(25)28(36-27)33-19-22-12-7-8-15-32-22;26-19-13-18(14-27-15-19)24-30-22-11-6-10-21(17-7-2-1-3-8-17)23(22)25(31-24)29-16-20-9-4-5-12-28-20/h4-18H,19H2,1-3H3,(H,34,37)(H,33,35,36);1-15H,16,26H2,(H,29,30,31). The lowest BCUT2D eigenvalue weighted by Crippen LogP contribution is -2.27.